The van der Waals surface area contributed by atoms with E-state index in [1.165, 1.54) is 16.3 Å². The number of para-hydroxylation sites is 3. The molecule has 0 unspecified atom stereocenters. The fourth-order valence-corrected chi connectivity index (χ4v) is 9.52. The molecule has 0 amide bonds. The molecular formula is C62H42N2O. The fourth-order valence-electron chi connectivity index (χ4n) is 9.52. The predicted octanol–water partition coefficient (Wildman–Crippen LogP) is 17.8. The molecule has 12 rings (SSSR count). The molecule has 306 valence electrons. The van der Waals surface area contributed by atoms with Crippen LogP contribution in [-0.2, 0) is 0 Å². The molecule has 0 aliphatic carbocycles. The number of hydrogen-bond acceptors (Lipinski definition) is 3. The molecule has 0 aliphatic rings. The van der Waals surface area contributed by atoms with Crippen molar-refractivity contribution in [1.82, 2.24) is 0 Å². The zero-order valence-electron chi connectivity index (χ0n) is 35.6. The van der Waals surface area contributed by atoms with Crippen molar-refractivity contribution >= 4 is 77.6 Å². The first-order valence-corrected chi connectivity index (χ1v) is 22.2. The third-order valence-electron chi connectivity index (χ3n) is 12.6. The first-order chi connectivity index (χ1) is 32.2. The van der Waals surface area contributed by atoms with Crippen molar-refractivity contribution in [1.29, 1.82) is 0 Å². The SMILES string of the molecule is c1ccc(-c2ccc(N(c3ccccc3-c3ccccc3)c3ccc(N(c4ccccc4)c4ccccc4-c4ccc5ccccc5c4)c4c3oc3cc5ccccc5cc34)cc2)cc1. The highest BCUT2D eigenvalue weighted by Gasteiger charge is 2.27. The van der Waals surface area contributed by atoms with E-state index < -0.39 is 0 Å². The van der Waals surface area contributed by atoms with Gasteiger partial charge in [-0.25, -0.2) is 0 Å². The van der Waals surface area contributed by atoms with E-state index in [9.17, 15) is 0 Å². The van der Waals surface area contributed by atoms with Crippen LogP contribution in [0.5, 0.6) is 0 Å². The van der Waals surface area contributed by atoms with Gasteiger partial charge in [0.1, 0.15) is 5.58 Å². The third kappa shape index (κ3) is 6.87. The van der Waals surface area contributed by atoms with E-state index in [2.05, 4.69) is 265 Å². The standard InChI is InChI=1S/C62H42N2O/c1-4-18-43(19-5-1)45-34-36-52(37-35-45)64(56-30-16-14-28-53(56)46-21-6-2-7-22-46)59-39-38-58(61-55-41-48-24-12-13-25-49(48)42-60(55)65-62(59)61)63(51-26-8-3-9-27-51)57-31-17-15-29-54(57)50-33-32-44-20-10-11-23-47(44)40-50/h1-42H. The first-order valence-electron chi connectivity index (χ1n) is 22.2. The summed E-state index contributed by atoms with van der Waals surface area (Å²) in [7, 11) is 0. The van der Waals surface area contributed by atoms with Crippen molar-refractivity contribution in [2.75, 3.05) is 9.80 Å². The Bertz CT molecular complexity index is 3650. The Morgan fingerprint density at radius 2 is 0.738 bits per heavy atom. The van der Waals surface area contributed by atoms with Gasteiger partial charge in [-0.1, -0.05) is 188 Å². The Hall–Kier alpha value is -8.66. The van der Waals surface area contributed by atoms with Crippen molar-refractivity contribution in [2.24, 2.45) is 0 Å². The summed E-state index contributed by atoms with van der Waals surface area (Å²) >= 11 is 0. The number of nitrogens with zero attached hydrogens (tertiary/aromatic N) is 2. The van der Waals surface area contributed by atoms with E-state index in [0.29, 0.717) is 0 Å². The molecule has 1 heterocycles. The maximum absolute atomic E-state index is 7.31. The summed E-state index contributed by atoms with van der Waals surface area (Å²) in [6.07, 6.45) is 0. The van der Waals surface area contributed by atoms with Gasteiger partial charge in [-0.05, 0) is 111 Å². The summed E-state index contributed by atoms with van der Waals surface area (Å²) in [4.78, 5) is 4.79. The van der Waals surface area contributed by atoms with Gasteiger partial charge < -0.3 is 14.2 Å². The van der Waals surface area contributed by atoms with Crippen LogP contribution in [0.4, 0.5) is 34.1 Å². The average molecular weight is 831 g/mol. The van der Waals surface area contributed by atoms with E-state index in [1.54, 1.807) is 0 Å². The number of hydrogen-bond donors (Lipinski definition) is 0. The number of fused-ring (bicyclic) bond motifs is 5. The maximum Gasteiger partial charge on any atom is 0.161 e. The fraction of sp³-hybridized carbons (Fsp3) is 0. The number of rotatable bonds is 9. The lowest BCUT2D eigenvalue weighted by Gasteiger charge is -2.31. The van der Waals surface area contributed by atoms with Crippen LogP contribution in [0.1, 0.15) is 0 Å². The second-order valence-electron chi connectivity index (χ2n) is 16.5. The Balaban J connectivity index is 1.15. The van der Waals surface area contributed by atoms with Gasteiger partial charge >= 0.3 is 0 Å². The number of anilines is 6. The molecule has 0 saturated heterocycles. The molecule has 0 bridgehead atoms. The van der Waals surface area contributed by atoms with Crippen molar-refractivity contribution in [3.05, 3.63) is 255 Å². The molecule has 3 nitrogen and oxygen atoms in total. The van der Waals surface area contributed by atoms with Gasteiger partial charge in [0.25, 0.3) is 0 Å². The molecule has 0 atom stereocenters. The van der Waals surface area contributed by atoms with E-state index in [4.69, 9.17) is 4.42 Å². The van der Waals surface area contributed by atoms with Gasteiger partial charge in [0.2, 0.25) is 0 Å². The van der Waals surface area contributed by atoms with Crippen LogP contribution in [-0.4, -0.2) is 0 Å². The molecule has 0 radical (unpaired) electrons. The minimum absolute atomic E-state index is 0.798. The second kappa shape index (κ2) is 16.2. The van der Waals surface area contributed by atoms with Gasteiger partial charge in [0, 0.05) is 27.9 Å². The van der Waals surface area contributed by atoms with Crippen LogP contribution in [0.25, 0.3) is 76.9 Å². The van der Waals surface area contributed by atoms with Gasteiger partial charge in [-0.2, -0.15) is 0 Å². The Morgan fingerprint density at radius 1 is 0.277 bits per heavy atom. The molecular weight excluding hydrogens is 789 g/mol. The molecule has 12 aromatic rings. The lowest BCUT2D eigenvalue weighted by atomic mass is 9.97. The van der Waals surface area contributed by atoms with Crippen molar-refractivity contribution in [3.8, 4) is 33.4 Å². The molecule has 0 aliphatic heterocycles. The molecule has 11 aromatic carbocycles. The Morgan fingerprint density at radius 3 is 1.42 bits per heavy atom. The highest BCUT2D eigenvalue weighted by Crippen LogP contribution is 2.51. The zero-order valence-corrected chi connectivity index (χ0v) is 35.6. The molecule has 65 heavy (non-hydrogen) atoms. The lowest BCUT2D eigenvalue weighted by Crippen LogP contribution is -2.14. The number of benzene rings is 11. The summed E-state index contributed by atoms with van der Waals surface area (Å²) in [5.74, 6) is 0. The third-order valence-corrected chi connectivity index (χ3v) is 12.6. The van der Waals surface area contributed by atoms with Gasteiger partial charge in [-0.3, -0.25) is 0 Å². The van der Waals surface area contributed by atoms with Gasteiger partial charge in [0.05, 0.1) is 28.1 Å². The number of furan rings is 1. The minimum atomic E-state index is 0.798. The van der Waals surface area contributed by atoms with Crippen LogP contribution in [0.3, 0.4) is 0 Å². The highest BCUT2D eigenvalue weighted by atomic mass is 16.3. The summed E-state index contributed by atoms with van der Waals surface area (Å²) < 4.78 is 7.31. The molecule has 0 N–H and O–H groups in total. The van der Waals surface area contributed by atoms with Crippen LogP contribution >= 0.6 is 0 Å². The van der Waals surface area contributed by atoms with Crippen LogP contribution in [0.2, 0.25) is 0 Å². The van der Waals surface area contributed by atoms with E-state index >= 15 is 0 Å². The van der Waals surface area contributed by atoms with Crippen LogP contribution in [0, 0.1) is 0 Å². The summed E-state index contributed by atoms with van der Waals surface area (Å²) in [5.41, 5.74) is 14.7. The molecule has 0 fully saturated rings. The van der Waals surface area contributed by atoms with E-state index in [1.807, 2.05) is 0 Å². The molecule has 3 heteroatoms. The maximum atomic E-state index is 7.31. The van der Waals surface area contributed by atoms with Gasteiger partial charge in [0.15, 0.2) is 5.58 Å². The molecule has 1 aromatic heterocycles. The predicted molar refractivity (Wildman–Crippen MR) is 274 cm³/mol. The van der Waals surface area contributed by atoms with Gasteiger partial charge in [-0.15, -0.1) is 0 Å². The zero-order chi connectivity index (χ0) is 43.1. The summed E-state index contributed by atoms with van der Waals surface area (Å²) in [6, 6.07) is 91.3. The normalized spacial score (nSPS) is 11.4. The first kappa shape index (κ1) is 38.0. The van der Waals surface area contributed by atoms with E-state index in [-0.39, 0.29) is 0 Å². The van der Waals surface area contributed by atoms with Crippen LogP contribution < -0.4 is 9.80 Å². The van der Waals surface area contributed by atoms with Crippen molar-refractivity contribution in [3.63, 3.8) is 0 Å². The van der Waals surface area contributed by atoms with Crippen molar-refractivity contribution < 1.29 is 4.42 Å². The minimum Gasteiger partial charge on any atom is -0.454 e. The highest BCUT2D eigenvalue weighted by molar-refractivity contribution is 6.20. The lowest BCUT2D eigenvalue weighted by molar-refractivity contribution is 0.669. The van der Waals surface area contributed by atoms with Crippen LogP contribution in [0.15, 0.2) is 259 Å². The monoisotopic (exact) mass is 830 g/mol. The average Bonchev–Trinajstić information content (AvgIpc) is 3.76. The molecule has 0 spiro atoms. The summed E-state index contributed by atoms with van der Waals surface area (Å²) in [5, 5.41) is 6.80. The largest absolute Gasteiger partial charge is 0.454 e. The quantitative estimate of drug-likeness (QED) is 0.144. The van der Waals surface area contributed by atoms with E-state index in [0.717, 1.165) is 94.7 Å². The molecule has 0 saturated carbocycles. The Kier molecular flexibility index (Phi) is 9.50. The summed E-state index contributed by atoms with van der Waals surface area (Å²) in [6.45, 7) is 0. The smallest absolute Gasteiger partial charge is 0.161 e. The topological polar surface area (TPSA) is 19.6 Å². The van der Waals surface area contributed by atoms with Crippen molar-refractivity contribution in [2.45, 2.75) is 0 Å². The second-order valence-corrected chi connectivity index (χ2v) is 16.5. The Labute approximate surface area is 378 Å².